The summed E-state index contributed by atoms with van der Waals surface area (Å²) < 4.78 is 0. The second-order valence-corrected chi connectivity index (χ2v) is 9.27. The van der Waals surface area contributed by atoms with Gasteiger partial charge in [0.2, 0.25) is 5.91 Å². The standard InChI is InChI=1S/C23H29N3O2S/c27-21(18-5-2-1-3-6-18)25-15-16-9-11-17(12-10-16)20(23-24-13-14-29-23)26-22(28)19-7-4-8-19/h1-3,5-6,13-14,16-17,19-20H,4,7-12,15H2,(H,25,27)(H,26,28). The minimum Gasteiger partial charge on any atom is -0.352 e. The second kappa shape index (κ2) is 9.53. The van der Waals surface area contributed by atoms with Gasteiger partial charge in [-0.1, -0.05) is 24.6 Å². The lowest BCUT2D eigenvalue weighted by Gasteiger charge is -2.35. The fourth-order valence-corrected chi connectivity index (χ4v) is 5.15. The largest absolute Gasteiger partial charge is 0.352 e. The van der Waals surface area contributed by atoms with Gasteiger partial charge in [-0.05, 0) is 62.5 Å². The molecule has 1 unspecified atom stereocenters. The Labute approximate surface area is 176 Å². The first-order valence-electron chi connectivity index (χ1n) is 10.7. The van der Waals surface area contributed by atoms with Crippen LogP contribution >= 0.6 is 11.3 Å². The lowest BCUT2D eigenvalue weighted by atomic mass is 9.78. The average Bonchev–Trinajstić information content (AvgIpc) is 3.24. The third-order valence-electron chi connectivity index (χ3n) is 6.44. The van der Waals surface area contributed by atoms with E-state index in [0.717, 1.165) is 50.1 Å². The van der Waals surface area contributed by atoms with E-state index >= 15 is 0 Å². The predicted octanol–water partition coefficient (Wildman–Crippen LogP) is 4.34. The zero-order valence-electron chi connectivity index (χ0n) is 16.7. The molecule has 2 fully saturated rings. The summed E-state index contributed by atoms with van der Waals surface area (Å²) in [5, 5.41) is 9.42. The van der Waals surface area contributed by atoms with Crippen molar-refractivity contribution in [2.75, 3.05) is 6.54 Å². The van der Waals surface area contributed by atoms with Crippen molar-refractivity contribution in [3.8, 4) is 0 Å². The smallest absolute Gasteiger partial charge is 0.251 e. The van der Waals surface area contributed by atoms with Crippen molar-refractivity contribution in [1.82, 2.24) is 15.6 Å². The van der Waals surface area contributed by atoms with Gasteiger partial charge in [0.25, 0.3) is 5.91 Å². The summed E-state index contributed by atoms with van der Waals surface area (Å²) in [5.74, 6) is 1.32. The van der Waals surface area contributed by atoms with E-state index in [9.17, 15) is 9.59 Å². The molecule has 1 aromatic carbocycles. The van der Waals surface area contributed by atoms with Crippen LogP contribution in [0.15, 0.2) is 41.9 Å². The number of carbonyl (C=O) groups excluding carboxylic acids is 2. The van der Waals surface area contributed by atoms with Crippen molar-refractivity contribution in [2.24, 2.45) is 17.8 Å². The third-order valence-corrected chi connectivity index (χ3v) is 7.30. The van der Waals surface area contributed by atoms with Gasteiger partial charge in [-0.15, -0.1) is 11.3 Å². The molecule has 0 aliphatic heterocycles. The van der Waals surface area contributed by atoms with Crippen molar-refractivity contribution in [1.29, 1.82) is 0 Å². The fourth-order valence-electron chi connectivity index (χ4n) is 4.37. The first kappa shape index (κ1) is 20.1. The number of nitrogens with zero attached hydrogens (tertiary/aromatic N) is 1. The Bertz CT molecular complexity index is 797. The minimum absolute atomic E-state index is 0.00106. The molecular formula is C23H29N3O2S. The summed E-state index contributed by atoms with van der Waals surface area (Å²) >= 11 is 1.63. The van der Waals surface area contributed by atoms with E-state index in [-0.39, 0.29) is 23.8 Å². The van der Waals surface area contributed by atoms with Gasteiger partial charge in [0, 0.05) is 29.6 Å². The summed E-state index contributed by atoms with van der Waals surface area (Å²) in [5.41, 5.74) is 0.712. The first-order valence-corrected chi connectivity index (χ1v) is 11.6. The number of nitrogens with one attached hydrogen (secondary N) is 2. The van der Waals surface area contributed by atoms with E-state index in [0.29, 0.717) is 17.4 Å². The number of hydrogen-bond donors (Lipinski definition) is 2. The summed E-state index contributed by atoms with van der Waals surface area (Å²) in [6, 6.07) is 9.41. The second-order valence-electron chi connectivity index (χ2n) is 8.34. The molecule has 0 saturated heterocycles. The van der Waals surface area contributed by atoms with Gasteiger partial charge in [0.1, 0.15) is 5.01 Å². The maximum Gasteiger partial charge on any atom is 0.251 e. The first-order chi connectivity index (χ1) is 14.2. The summed E-state index contributed by atoms with van der Waals surface area (Å²) in [6.45, 7) is 0.719. The number of rotatable bonds is 7. The van der Waals surface area contributed by atoms with Crippen LogP contribution < -0.4 is 10.6 Å². The van der Waals surface area contributed by atoms with Crippen LogP contribution in [0, 0.1) is 17.8 Å². The summed E-state index contributed by atoms with van der Waals surface area (Å²) in [6.07, 6.45) is 9.28. The fraction of sp³-hybridized carbons (Fsp3) is 0.522. The molecule has 1 heterocycles. The molecule has 2 aliphatic carbocycles. The molecule has 0 radical (unpaired) electrons. The zero-order chi connectivity index (χ0) is 20.1. The Morgan fingerprint density at radius 1 is 1.07 bits per heavy atom. The molecule has 5 nitrogen and oxygen atoms in total. The number of aromatic nitrogens is 1. The molecule has 0 bridgehead atoms. The highest BCUT2D eigenvalue weighted by Crippen LogP contribution is 2.38. The van der Waals surface area contributed by atoms with Gasteiger partial charge in [0.05, 0.1) is 6.04 Å². The Kier molecular flexibility index (Phi) is 6.60. The lowest BCUT2D eigenvalue weighted by Crippen LogP contribution is -2.41. The van der Waals surface area contributed by atoms with E-state index in [2.05, 4.69) is 15.6 Å². The van der Waals surface area contributed by atoms with Gasteiger partial charge in [-0.2, -0.15) is 0 Å². The van der Waals surface area contributed by atoms with Crippen LogP contribution in [0.4, 0.5) is 0 Å². The number of carbonyl (C=O) groups is 2. The topological polar surface area (TPSA) is 71.1 Å². The van der Waals surface area contributed by atoms with Crippen molar-refractivity contribution in [3.05, 3.63) is 52.5 Å². The number of hydrogen-bond acceptors (Lipinski definition) is 4. The van der Waals surface area contributed by atoms with Crippen molar-refractivity contribution >= 4 is 23.2 Å². The van der Waals surface area contributed by atoms with Crippen molar-refractivity contribution < 1.29 is 9.59 Å². The average molecular weight is 412 g/mol. The molecule has 2 saturated carbocycles. The van der Waals surface area contributed by atoms with Crippen LogP contribution in [0.3, 0.4) is 0 Å². The molecule has 2 N–H and O–H groups in total. The molecule has 2 aromatic rings. The van der Waals surface area contributed by atoms with E-state index < -0.39 is 0 Å². The number of thiazole rings is 1. The van der Waals surface area contributed by atoms with E-state index in [1.54, 1.807) is 11.3 Å². The predicted molar refractivity (Wildman–Crippen MR) is 115 cm³/mol. The molecule has 6 heteroatoms. The van der Waals surface area contributed by atoms with Gasteiger partial charge in [0.15, 0.2) is 0 Å². The van der Waals surface area contributed by atoms with Crippen molar-refractivity contribution in [3.63, 3.8) is 0 Å². The Morgan fingerprint density at radius 3 is 2.45 bits per heavy atom. The number of amides is 2. The maximum absolute atomic E-state index is 12.6. The monoisotopic (exact) mass is 411 g/mol. The van der Waals surface area contributed by atoms with E-state index in [1.165, 1.54) is 6.42 Å². The van der Waals surface area contributed by atoms with Crippen LogP contribution in [0.1, 0.15) is 66.4 Å². The van der Waals surface area contributed by atoms with E-state index in [1.807, 2.05) is 41.9 Å². The molecule has 2 aliphatic rings. The Hall–Kier alpha value is -2.21. The Morgan fingerprint density at radius 2 is 1.83 bits per heavy atom. The normalized spacial score (nSPS) is 23.0. The highest BCUT2D eigenvalue weighted by Gasteiger charge is 2.34. The summed E-state index contributed by atoms with van der Waals surface area (Å²) in [7, 11) is 0. The van der Waals surface area contributed by atoms with Crippen LogP contribution in [0.25, 0.3) is 0 Å². The SMILES string of the molecule is O=C(NCC1CCC(C(NC(=O)C2CCC2)c2nccs2)CC1)c1ccccc1. The van der Waals surface area contributed by atoms with Crippen LogP contribution in [0.2, 0.25) is 0 Å². The third kappa shape index (κ3) is 5.04. The van der Waals surface area contributed by atoms with Crippen LogP contribution in [0.5, 0.6) is 0 Å². The molecule has 29 heavy (non-hydrogen) atoms. The molecular weight excluding hydrogens is 382 g/mol. The molecule has 4 rings (SSSR count). The van der Waals surface area contributed by atoms with Crippen LogP contribution in [-0.2, 0) is 4.79 Å². The Balaban J connectivity index is 1.29. The highest BCUT2D eigenvalue weighted by atomic mass is 32.1. The highest BCUT2D eigenvalue weighted by molar-refractivity contribution is 7.09. The maximum atomic E-state index is 12.6. The summed E-state index contributed by atoms with van der Waals surface area (Å²) in [4.78, 5) is 29.3. The van der Waals surface area contributed by atoms with Crippen LogP contribution in [-0.4, -0.2) is 23.3 Å². The molecule has 0 spiro atoms. The molecule has 154 valence electrons. The molecule has 2 amide bonds. The van der Waals surface area contributed by atoms with E-state index in [4.69, 9.17) is 0 Å². The molecule has 1 atom stereocenters. The quantitative estimate of drug-likeness (QED) is 0.712. The molecule has 1 aromatic heterocycles. The van der Waals surface area contributed by atoms with Gasteiger partial charge in [-0.3, -0.25) is 9.59 Å². The van der Waals surface area contributed by atoms with Gasteiger partial charge < -0.3 is 10.6 Å². The lowest BCUT2D eigenvalue weighted by molar-refractivity contribution is -0.128. The minimum atomic E-state index is 0.00106. The van der Waals surface area contributed by atoms with Gasteiger partial charge in [-0.25, -0.2) is 4.98 Å². The zero-order valence-corrected chi connectivity index (χ0v) is 17.5. The number of benzene rings is 1. The van der Waals surface area contributed by atoms with Gasteiger partial charge >= 0.3 is 0 Å². The van der Waals surface area contributed by atoms with Crippen molar-refractivity contribution in [2.45, 2.75) is 51.0 Å².